The molecule has 0 saturated carbocycles. The molecule has 53 valence electrons. The van der Waals surface area contributed by atoms with Gasteiger partial charge < -0.3 is 16.0 Å². The van der Waals surface area contributed by atoms with Crippen LogP contribution >= 0.6 is 0 Å². The summed E-state index contributed by atoms with van der Waals surface area (Å²) in [7, 11) is 0. The number of hydrogen-bond donors (Lipinski definition) is 3. The smallest absolute Gasteiger partial charge is 0.160 e. The van der Waals surface area contributed by atoms with Gasteiger partial charge in [0.2, 0.25) is 0 Å². The zero-order valence-corrected chi connectivity index (χ0v) is 5.46. The molecule has 0 aliphatic carbocycles. The quantitative estimate of drug-likeness (QED) is 0.433. The molecule has 4 heteroatoms. The van der Waals surface area contributed by atoms with Crippen LogP contribution in [0.1, 0.15) is 0 Å². The zero-order chi connectivity index (χ0) is 6.81. The minimum absolute atomic E-state index is 0.106. The van der Waals surface area contributed by atoms with E-state index < -0.39 is 0 Å². The highest BCUT2D eigenvalue weighted by Crippen LogP contribution is 2.02. The summed E-state index contributed by atoms with van der Waals surface area (Å²) in [5, 5.41) is 13.4. The highest BCUT2D eigenvalue weighted by Gasteiger charge is 2.17. The van der Waals surface area contributed by atoms with Gasteiger partial charge in [-0.2, -0.15) is 0 Å². The van der Waals surface area contributed by atoms with Gasteiger partial charge >= 0.3 is 0 Å². The van der Waals surface area contributed by atoms with E-state index in [0.717, 1.165) is 12.4 Å². The van der Waals surface area contributed by atoms with Crippen LogP contribution < -0.4 is 21.3 Å². The van der Waals surface area contributed by atoms with Gasteiger partial charge in [-0.1, -0.05) is 0 Å². The van der Waals surface area contributed by atoms with Gasteiger partial charge in [0, 0.05) is 18.6 Å². The monoisotopic (exact) mass is 137 g/mol. The van der Waals surface area contributed by atoms with E-state index in [0.29, 0.717) is 0 Å². The largest absolute Gasteiger partial charge is 0.372 e. The van der Waals surface area contributed by atoms with Crippen molar-refractivity contribution in [2.45, 2.75) is 6.17 Å². The Labute approximate surface area is 59.4 Å². The van der Waals surface area contributed by atoms with E-state index in [-0.39, 0.29) is 6.17 Å². The van der Waals surface area contributed by atoms with Crippen LogP contribution in [0, 0.1) is 0 Å². The van der Waals surface area contributed by atoms with Crippen molar-refractivity contribution in [1.82, 2.24) is 21.3 Å². The molecule has 0 saturated heterocycles. The molecule has 1 radical (unpaired) electrons. The van der Waals surface area contributed by atoms with Crippen molar-refractivity contribution in [3.8, 4) is 0 Å². The van der Waals surface area contributed by atoms with Crippen LogP contribution in [0.5, 0.6) is 0 Å². The van der Waals surface area contributed by atoms with Crippen molar-refractivity contribution in [3.05, 3.63) is 24.3 Å². The number of nitrogens with zero attached hydrogens (tertiary/aromatic N) is 1. The summed E-state index contributed by atoms with van der Waals surface area (Å²) in [5.41, 5.74) is 1.10. The van der Waals surface area contributed by atoms with Gasteiger partial charge in [-0.05, 0) is 0 Å². The van der Waals surface area contributed by atoms with Crippen LogP contribution in [0.2, 0.25) is 0 Å². The molecule has 2 aliphatic heterocycles. The molecule has 0 aromatic rings. The van der Waals surface area contributed by atoms with E-state index in [2.05, 4.69) is 21.3 Å². The fourth-order valence-corrected chi connectivity index (χ4v) is 1.02. The van der Waals surface area contributed by atoms with Crippen LogP contribution in [-0.4, -0.2) is 12.8 Å². The molecular weight excluding hydrogens is 128 g/mol. The summed E-state index contributed by atoms with van der Waals surface area (Å²) in [6.45, 7) is 0.809. The third-order valence-corrected chi connectivity index (χ3v) is 1.51. The van der Waals surface area contributed by atoms with Gasteiger partial charge in [-0.25, -0.2) is 0 Å². The van der Waals surface area contributed by atoms with Gasteiger partial charge in [-0.15, -0.1) is 0 Å². The van der Waals surface area contributed by atoms with Crippen molar-refractivity contribution in [1.29, 1.82) is 0 Å². The summed E-state index contributed by atoms with van der Waals surface area (Å²) in [6.07, 6.45) is 5.65. The Morgan fingerprint density at radius 1 is 1.60 bits per heavy atom. The fraction of sp³-hybridized carbons (Fsp3) is 0.333. The molecular formula is C6H9N4. The molecule has 2 aliphatic rings. The Kier molecular flexibility index (Phi) is 1.16. The first-order valence-corrected chi connectivity index (χ1v) is 3.25. The summed E-state index contributed by atoms with van der Waals surface area (Å²) in [5.74, 6) is 0. The molecule has 4 nitrogen and oxygen atoms in total. The van der Waals surface area contributed by atoms with Crippen molar-refractivity contribution < 1.29 is 0 Å². The second-order valence-corrected chi connectivity index (χ2v) is 2.19. The standard InChI is InChI=1S/C6H9N4/c1-2-9-6(8-1)5-3-7-4-10-5/h1-3,6-8,10H,4H2. The van der Waals surface area contributed by atoms with Crippen LogP contribution in [0.25, 0.3) is 0 Å². The van der Waals surface area contributed by atoms with Crippen LogP contribution in [0.15, 0.2) is 24.3 Å². The number of rotatable bonds is 1. The topological polar surface area (TPSA) is 50.2 Å². The Morgan fingerprint density at radius 3 is 3.20 bits per heavy atom. The molecule has 2 rings (SSSR count). The third-order valence-electron chi connectivity index (χ3n) is 1.51. The number of hydrogen-bond acceptors (Lipinski definition) is 3. The van der Waals surface area contributed by atoms with Crippen molar-refractivity contribution in [2.24, 2.45) is 0 Å². The van der Waals surface area contributed by atoms with Gasteiger partial charge in [0.1, 0.15) is 0 Å². The van der Waals surface area contributed by atoms with Crippen molar-refractivity contribution in [2.75, 3.05) is 6.67 Å². The minimum Gasteiger partial charge on any atom is -0.372 e. The summed E-state index contributed by atoms with van der Waals surface area (Å²) in [4.78, 5) is 0. The third kappa shape index (κ3) is 0.775. The first-order chi connectivity index (χ1) is 4.97. The molecule has 3 N–H and O–H groups in total. The van der Waals surface area contributed by atoms with Gasteiger partial charge in [0.15, 0.2) is 6.17 Å². The average molecular weight is 137 g/mol. The maximum absolute atomic E-state index is 4.16. The van der Waals surface area contributed by atoms with Gasteiger partial charge in [0.05, 0.1) is 12.4 Å². The maximum atomic E-state index is 4.16. The minimum atomic E-state index is 0.106. The van der Waals surface area contributed by atoms with E-state index in [1.807, 2.05) is 12.4 Å². The molecule has 1 atom stereocenters. The second kappa shape index (κ2) is 2.13. The molecule has 0 spiro atoms. The predicted octanol–water partition coefficient (Wildman–Crippen LogP) is -1.02. The molecule has 10 heavy (non-hydrogen) atoms. The lowest BCUT2D eigenvalue weighted by Crippen LogP contribution is -2.33. The normalized spacial score (nSPS) is 22.6. The summed E-state index contributed by atoms with van der Waals surface area (Å²) < 4.78 is 0. The van der Waals surface area contributed by atoms with Crippen LogP contribution in [-0.2, 0) is 0 Å². The highest BCUT2D eigenvalue weighted by molar-refractivity contribution is 5.15. The van der Waals surface area contributed by atoms with E-state index in [1.54, 1.807) is 6.20 Å². The molecule has 0 aromatic heterocycles. The highest BCUT2D eigenvalue weighted by atomic mass is 15.2. The Morgan fingerprint density at radius 2 is 2.60 bits per heavy atom. The molecule has 0 aromatic carbocycles. The Bertz CT molecular complexity index is 176. The molecule has 1 unspecified atom stereocenters. The molecule has 0 bridgehead atoms. The molecule has 2 heterocycles. The van der Waals surface area contributed by atoms with E-state index in [1.165, 1.54) is 0 Å². The fourth-order valence-electron chi connectivity index (χ4n) is 1.02. The van der Waals surface area contributed by atoms with E-state index in [9.17, 15) is 0 Å². The average Bonchev–Trinajstić information content (AvgIpc) is 2.59. The molecule has 0 fully saturated rings. The van der Waals surface area contributed by atoms with Crippen molar-refractivity contribution in [3.63, 3.8) is 0 Å². The van der Waals surface area contributed by atoms with Crippen molar-refractivity contribution >= 4 is 0 Å². The van der Waals surface area contributed by atoms with Gasteiger partial charge in [-0.3, -0.25) is 5.32 Å². The Hall–Kier alpha value is -1.32. The summed E-state index contributed by atoms with van der Waals surface area (Å²) in [6, 6.07) is 0. The Balaban J connectivity index is 1.99. The van der Waals surface area contributed by atoms with Crippen LogP contribution in [0.3, 0.4) is 0 Å². The first-order valence-electron chi connectivity index (χ1n) is 3.25. The lowest BCUT2D eigenvalue weighted by Gasteiger charge is -2.10. The van der Waals surface area contributed by atoms with Crippen LogP contribution in [0.4, 0.5) is 0 Å². The lowest BCUT2D eigenvalue weighted by molar-refractivity contribution is 0.602. The lowest BCUT2D eigenvalue weighted by atomic mass is 10.4. The molecule has 0 amide bonds. The van der Waals surface area contributed by atoms with Gasteiger partial charge in [0.25, 0.3) is 0 Å². The SMILES string of the molecule is C1=CNC(C2=CNCN2)[N]1. The maximum Gasteiger partial charge on any atom is 0.160 e. The second-order valence-electron chi connectivity index (χ2n) is 2.19. The predicted molar refractivity (Wildman–Crippen MR) is 37.4 cm³/mol. The van der Waals surface area contributed by atoms with E-state index in [4.69, 9.17) is 0 Å². The zero-order valence-electron chi connectivity index (χ0n) is 5.46. The first kappa shape index (κ1) is 5.46. The van der Waals surface area contributed by atoms with E-state index >= 15 is 0 Å². The number of nitrogens with one attached hydrogen (secondary N) is 3. The summed E-state index contributed by atoms with van der Waals surface area (Å²) >= 11 is 0.